The SMILES string of the molecule is Cc1nocc1C(=O)N1CCOC2C(COC(C)C)CCC21. The third-order valence-electron chi connectivity index (χ3n) is 4.60. The van der Waals surface area contributed by atoms with E-state index in [1.54, 1.807) is 6.92 Å². The fraction of sp³-hybridized carbons (Fsp3) is 0.750. The average molecular weight is 308 g/mol. The van der Waals surface area contributed by atoms with Gasteiger partial charge in [0.05, 0.1) is 37.2 Å². The normalized spacial score (nSPS) is 28.2. The first-order chi connectivity index (χ1) is 10.6. The van der Waals surface area contributed by atoms with Gasteiger partial charge in [-0.25, -0.2) is 0 Å². The van der Waals surface area contributed by atoms with Crippen molar-refractivity contribution in [3.05, 3.63) is 17.5 Å². The van der Waals surface area contributed by atoms with Gasteiger partial charge in [-0.1, -0.05) is 5.16 Å². The van der Waals surface area contributed by atoms with Crippen molar-refractivity contribution in [3.63, 3.8) is 0 Å². The Morgan fingerprint density at radius 1 is 1.50 bits per heavy atom. The Hall–Kier alpha value is -1.40. The Labute approximate surface area is 130 Å². The van der Waals surface area contributed by atoms with Gasteiger partial charge in [0.2, 0.25) is 0 Å². The molecule has 1 aromatic heterocycles. The van der Waals surface area contributed by atoms with Crippen LogP contribution in [0.25, 0.3) is 0 Å². The van der Waals surface area contributed by atoms with Crippen molar-refractivity contribution in [1.82, 2.24) is 10.1 Å². The molecule has 122 valence electrons. The number of amides is 1. The van der Waals surface area contributed by atoms with Gasteiger partial charge in [-0.15, -0.1) is 0 Å². The zero-order valence-electron chi connectivity index (χ0n) is 13.4. The van der Waals surface area contributed by atoms with Crippen LogP contribution < -0.4 is 0 Å². The second-order valence-electron chi connectivity index (χ2n) is 6.43. The molecule has 1 amide bonds. The third-order valence-corrected chi connectivity index (χ3v) is 4.60. The average Bonchev–Trinajstić information content (AvgIpc) is 3.10. The molecule has 1 aliphatic heterocycles. The van der Waals surface area contributed by atoms with Crippen LogP contribution in [0.5, 0.6) is 0 Å². The predicted octanol–water partition coefficient (Wildman–Crippen LogP) is 2.03. The van der Waals surface area contributed by atoms with Crippen LogP contribution in [0.4, 0.5) is 0 Å². The van der Waals surface area contributed by atoms with Crippen molar-refractivity contribution in [1.29, 1.82) is 0 Å². The lowest BCUT2D eigenvalue weighted by molar-refractivity contribution is -0.0797. The van der Waals surface area contributed by atoms with E-state index in [-0.39, 0.29) is 24.2 Å². The quantitative estimate of drug-likeness (QED) is 0.851. The van der Waals surface area contributed by atoms with Crippen LogP contribution in [0, 0.1) is 12.8 Å². The second-order valence-corrected chi connectivity index (χ2v) is 6.43. The maximum atomic E-state index is 12.7. The van der Waals surface area contributed by atoms with Crippen LogP contribution >= 0.6 is 0 Å². The summed E-state index contributed by atoms with van der Waals surface area (Å²) in [6.45, 7) is 7.78. The number of carbonyl (C=O) groups excluding carboxylic acids is 1. The van der Waals surface area contributed by atoms with Gasteiger partial charge in [-0.2, -0.15) is 0 Å². The highest BCUT2D eigenvalue weighted by Gasteiger charge is 2.44. The summed E-state index contributed by atoms with van der Waals surface area (Å²) in [4.78, 5) is 14.7. The summed E-state index contributed by atoms with van der Waals surface area (Å²) < 4.78 is 16.6. The first-order valence-corrected chi connectivity index (χ1v) is 8.03. The van der Waals surface area contributed by atoms with Crippen LogP contribution in [-0.2, 0) is 9.47 Å². The number of carbonyl (C=O) groups is 1. The molecule has 1 saturated heterocycles. The van der Waals surface area contributed by atoms with E-state index in [2.05, 4.69) is 5.16 Å². The van der Waals surface area contributed by atoms with E-state index in [1.807, 2.05) is 18.7 Å². The number of ether oxygens (including phenoxy) is 2. The summed E-state index contributed by atoms with van der Waals surface area (Å²) in [7, 11) is 0. The molecule has 0 aromatic carbocycles. The highest BCUT2D eigenvalue weighted by atomic mass is 16.5. The summed E-state index contributed by atoms with van der Waals surface area (Å²) in [5.74, 6) is 0.369. The van der Waals surface area contributed by atoms with Crippen molar-refractivity contribution in [3.8, 4) is 0 Å². The largest absolute Gasteiger partial charge is 0.378 e. The first kappa shape index (κ1) is 15.5. The van der Waals surface area contributed by atoms with Crippen molar-refractivity contribution in [2.75, 3.05) is 19.8 Å². The first-order valence-electron chi connectivity index (χ1n) is 8.03. The molecular formula is C16H24N2O4. The van der Waals surface area contributed by atoms with Crippen LogP contribution in [0.2, 0.25) is 0 Å². The van der Waals surface area contributed by atoms with E-state index in [1.165, 1.54) is 6.26 Å². The fourth-order valence-electron chi connectivity index (χ4n) is 3.46. The third kappa shape index (κ3) is 2.90. The maximum Gasteiger partial charge on any atom is 0.259 e. The van der Waals surface area contributed by atoms with Gasteiger partial charge < -0.3 is 18.9 Å². The number of hydrogen-bond donors (Lipinski definition) is 0. The smallest absolute Gasteiger partial charge is 0.259 e. The van der Waals surface area contributed by atoms with Crippen LogP contribution in [0.15, 0.2) is 10.8 Å². The Balaban J connectivity index is 1.70. The summed E-state index contributed by atoms with van der Waals surface area (Å²) in [6, 6.07) is 0.135. The lowest BCUT2D eigenvalue weighted by atomic mass is 10.0. The molecule has 0 bridgehead atoms. The predicted molar refractivity (Wildman–Crippen MR) is 79.6 cm³/mol. The Morgan fingerprint density at radius 3 is 3.00 bits per heavy atom. The number of rotatable bonds is 4. The fourth-order valence-corrected chi connectivity index (χ4v) is 3.46. The zero-order chi connectivity index (χ0) is 15.7. The number of fused-ring (bicyclic) bond motifs is 1. The van der Waals surface area contributed by atoms with E-state index in [0.717, 1.165) is 12.8 Å². The topological polar surface area (TPSA) is 64.8 Å². The molecule has 6 nitrogen and oxygen atoms in total. The number of morpholine rings is 1. The minimum atomic E-state index is 0.00229. The van der Waals surface area contributed by atoms with Gasteiger partial charge in [0.25, 0.3) is 5.91 Å². The van der Waals surface area contributed by atoms with E-state index in [4.69, 9.17) is 14.0 Å². The Kier molecular flexibility index (Phi) is 4.49. The van der Waals surface area contributed by atoms with E-state index >= 15 is 0 Å². The molecule has 22 heavy (non-hydrogen) atoms. The lowest BCUT2D eigenvalue weighted by Crippen LogP contribution is -2.53. The monoisotopic (exact) mass is 308 g/mol. The molecule has 3 unspecified atom stereocenters. The van der Waals surface area contributed by atoms with E-state index in [0.29, 0.717) is 36.9 Å². The molecule has 0 radical (unpaired) electrons. The number of nitrogens with zero attached hydrogens (tertiary/aromatic N) is 2. The van der Waals surface area contributed by atoms with Crippen molar-refractivity contribution < 1.29 is 18.8 Å². The molecule has 0 spiro atoms. The molecule has 2 aliphatic rings. The summed E-state index contributed by atoms with van der Waals surface area (Å²) in [5.41, 5.74) is 1.20. The minimum Gasteiger partial charge on any atom is -0.378 e. The minimum absolute atomic E-state index is 0.00229. The molecule has 2 heterocycles. The van der Waals surface area contributed by atoms with Gasteiger partial charge in [0, 0.05) is 12.5 Å². The summed E-state index contributed by atoms with van der Waals surface area (Å²) in [6.07, 6.45) is 3.74. The second kappa shape index (κ2) is 6.38. The van der Waals surface area contributed by atoms with Gasteiger partial charge in [0.15, 0.2) is 0 Å². The molecular weight excluding hydrogens is 284 g/mol. The van der Waals surface area contributed by atoms with Crippen molar-refractivity contribution >= 4 is 5.91 Å². The van der Waals surface area contributed by atoms with Crippen LogP contribution in [0.1, 0.15) is 42.7 Å². The number of aryl methyl sites for hydroxylation is 1. The molecule has 3 atom stereocenters. The number of aromatic nitrogens is 1. The standard InChI is InChI=1S/C16H24N2O4/c1-10(2)21-8-12-4-5-14-15(12)20-7-6-18(14)16(19)13-9-22-17-11(13)3/h9-10,12,14-15H,4-8H2,1-3H3. The number of hydrogen-bond acceptors (Lipinski definition) is 5. The maximum absolute atomic E-state index is 12.7. The lowest BCUT2D eigenvalue weighted by Gasteiger charge is -2.39. The van der Waals surface area contributed by atoms with Crippen molar-refractivity contribution in [2.24, 2.45) is 5.92 Å². The van der Waals surface area contributed by atoms with Gasteiger partial charge in [-0.05, 0) is 33.6 Å². The molecule has 2 fully saturated rings. The molecule has 1 aliphatic carbocycles. The summed E-state index contributed by atoms with van der Waals surface area (Å²) in [5, 5.41) is 3.81. The Bertz CT molecular complexity index is 528. The Morgan fingerprint density at radius 2 is 2.32 bits per heavy atom. The molecule has 1 aromatic rings. The van der Waals surface area contributed by atoms with E-state index < -0.39 is 0 Å². The van der Waals surface area contributed by atoms with Gasteiger partial charge >= 0.3 is 0 Å². The highest BCUT2D eigenvalue weighted by Crippen LogP contribution is 2.35. The van der Waals surface area contributed by atoms with E-state index in [9.17, 15) is 4.79 Å². The highest BCUT2D eigenvalue weighted by molar-refractivity contribution is 5.95. The molecule has 0 N–H and O–H groups in total. The van der Waals surface area contributed by atoms with Crippen LogP contribution in [0.3, 0.4) is 0 Å². The molecule has 1 saturated carbocycles. The van der Waals surface area contributed by atoms with Gasteiger partial charge in [-0.3, -0.25) is 4.79 Å². The van der Waals surface area contributed by atoms with Crippen LogP contribution in [-0.4, -0.2) is 54.0 Å². The van der Waals surface area contributed by atoms with Gasteiger partial charge in [0.1, 0.15) is 11.8 Å². The van der Waals surface area contributed by atoms with Crippen molar-refractivity contribution in [2.45, 2.75) is 51.9 Å². The summed E-state index contributed by atoms with van der Waals surface area (Å²) >= 11 is 0. The zero-order valence-corrected chi connectivity index (χ0v) is 13.4. The molecule has 6 heteroatoms. The molecule has 3 rings (SSSR count).